The van der Waals surface area contributed by atoms with Crippen LogP contribution in [0, 0.1) is 0 Å². The van der Waals surface area contributed by atoms with E-state index < -0.39 is 0 Å². The van der Waals surface area contributed by atoms with Gasteiger partial charge in [0.1, 0.15) is 17.7 Å². The molecule has 2 heterocycles. The van der Waals surface area contributed by atoms with Crippen molar-refractivity contribution in [3.63, 3.8) is 0 Å². The number of rotatable bonds is 7. The predicted molar refractivity (Wildman–Crippen MR) is 102 cm³/mol. The fourth-order valence-electron chi connectivity index (χ4n) is 2.91. The lowest BCUT2D eigenvalue weighted by Gasteiger charge is -2.24. The summed E-state index contributed by atoms with van der Waals surface area (Å²) in [7, 11) is 3.14. The fraction of sp³-hybridized carbons (Fsp3) is 0.368. The zero-order chi connectivity index (χ0) is 19.4. The molecular formula is C19H22N2O5S. The molecule has 27 heavy (non-hydrogen) atoms. The average Bonchev–Trinajstić information content (AvgIpc) is 3.29. The third-order valence-electron chi connectivity index (χ3n) is 4.29. The number of nitrogens with one attached hydrogen (secondary N) is 1. The molecule has 7 nitrogen and oxygen atoms in total. The molecule has 3 rings (SSSR count). The van der Waals surface area contributed by atoms with Gasteiger partial charge in [0.25, 0.3) is 0 Å². The maximum Gasteiger partial charge on any atom is 0.240 e. The first kappa shape index (κ1) is 19.2. The van der Waals surface area contributed by atoms with Gasteiger partial charge in [-0.3, -0.25) is 9.59 Å². The van der Waals surface area contributed by atoms with Crippen molar-refractivity contribution in [1.82, 2.24) is 10.2 Å². The zero-order valence-corrected chi connectivity index (χ0v) is 16.2. The number of hydrogen-bond acceptors (Lipinski definition) is 6. The van der Waals surface area contributed by atoms with Crippen LogP contribution in [0.5, 0.6) is 11.5 Å². The molecule has 0 saturated carbocycles. The second kappa shape index (κ2) is 8.39. The van der Waals surface area contributed by atoms with Gasteiger partial charge >= 0.3 is 0 Å². The van der Waals surface area contributed by atoms with E-state index in [1.807, 2.05) is 19.1 Å². The molecule has 2 atom stereocenters. The number of carbonyl (C=O) groups excluding carboxylic acids is 2. The second-order valence-electron chi connectivity index (χ2n) is 6.07. The lowest BCUT2D eigenvalue weighted by molar-refractivity contribution is -0.135. The smallest absolute Gasteiger partial charge is 0.240 e. The molecule has 0 aliphatic carbocycles. The van der Waals surface area contributed by atoms with Crippen LogP contribution < -0.4 is 14.8 Å². The SMILES string of the molecule is COc1ccc(C2SC(C)C(=O)N2CC(=O)NCc2ccco2)cc1OC. The summed E-state index contributed by atoms with van der Waals surface area (Å²) in [4.78, 5) is 26.5. The Bertz CT molecular complexity index is 808. The lowest BCUT2D eigenvalue weighted by Crippen LogP contribution is -2.40. The van der Waals surface area contributed by atoms with Crippen molar-refractivity contribution >= 4 is 23.6 Å². The van der Waals surface area contributed by atoms with Gasteiger partial charge in [0.05, 0.1) is 32.3 Å². The molecule has 1 N–H and O–H groups in total. The van der Waals surface area contributed by atoms with Gasteiger partial charge in [-0.2, -0.15) is 0 Å². The summed E-state index contributed by atoms with van der Waals surface area (Å²) in [5.74, 6) is 1.57. The van der Waals surface area contributed by atoms with E-state index in [-0.39, 0.29) is 35.5 Å². The molecular weight excluding hydrogens is 368 g/mol. The van der Waals surface area contributed by atoms with Crippen molar-refractivity contribution in [2.45, 2.75) is 24.1 Å². The first-order chi connectivity index (χ1) is 13.0. The molecule has 1 aromatic carbocycles. The Balaban J connectivity index is 1.74. The molecule has 0 spiro atoms. The maximum absolute atomic E-state index is 12.6. The van der Waals surface area contributed by atoms with Crippen molar-refractivity contribution in [1.29, 1.82) is 0 Å². The van der Waals surface area contributed by atoms with Gasteiger partial charge in [-0.15, -0.1) is 11.8 Å². The summed E-state index contributed by atoms with van der Waals surface area (Å²) in [6.07, 6.45) is 1.55. The summed E-state index contributed by atoms with van der Waals surface area (Å²) in [5.41, 5.74) is 0.884. The summed E-state index contributed by atoms with van der Waals surface area (Å²) in [6.45, 7) is 2.12. The third-order valence-corrected chi connectivity index (χ3v) is 5.69. The molecule has 0 bridgehead atoms. The highest BCUT2D eigenvalue weighted by molar-refractivity contribution is 8.01. The van der Waals surface area contributed by atoms with Gasteiger partial charge < -0.3 is 24.1 Å². The molecule has 8 heteroatoms. The van der Waals surface area contributed by atoms with Gasteiger partial charge in [0.15, 0.2) is 11.5 Å². The summed E-state index contributed by atoms with van der Waals surface area (Å²) in [6, 6.07) is 9.08. The van der Waals surface area contributed by atoms with E-state index in [2.05, 4.69) is 5.32 Å². The summed E-state index contributed by atoms with van der Waals surface area (Å²) < 4.78 is 15.8. The van der Waals surface area contributed by atoms with Crippen molar-refractivity contribution in [3.05, 3.63) is 47.9 Å². The summed E-state index contributed by atoms with van der Waals surface area (Å²) >= 11 is 1.51. The lowest BCUT2D eigenvalue weighted by atomic mass is 10.1. The van der Waals surface area contributed by atoms with E-state index >= 15 is 0 Å². The van der Waals surface area contributed by atoms with Crippen molar-refractivity contribution < 1.29 is 23.5 Å². The third kappa shape index (κ3) is 4.21. The average molecular weight is 390 g/mol. The van der Waals surface area contributed by atoms with Crippen molar-refractivity contribution in [2.24, 2.45) is 0 Å². The molecule has 1 aromatic heterocycles. The molecule has 144 valence electrons. The molecule has 2 amide bonds. The molecule has 1 aliphatic rings. The number of methoxy groups -OCH3 is 2. The minimum absolute atomic E-state index is 0.0180. The number of nitrogens with zero attached hydrogens (tertiary/aromatic N) is 1. The zero-order valence-electron chi connectivity index (χ0n) is 15.4. The van der Waals surface area contributed by atoms with Crippen LogP contribution in [0.25, 0.3) is 0 Å². The highest BCUT2D eigenvalue weighted by atomic mass is 32.2. The Morgan fingerprint density at radius 3 is 2.70 bits per heavy atom. The maximum atomic E-state index is 12.6. The van der Waals surface area contributed by atoms with E-state index in [4.69, 9.17) is 13.9 Å². The predicted octanol–water partition coefficient (Wildman–Crippen LogP) is 2.58. The van der Waals surface area contributed by atoms with Gasteiger partial charge in [-0.25, -0.2) is 0 Å². The topological polar surface area (TPSA) is 81.0 Å². The van der Waals surface area contributed by atoms with E-state index in [0.717, 1.165) is 5.56 Å². The van der Waals surface area contributed by atoms with Crippen LogP contribution in [-0.4, -0.2) is 42.7 Å². The molecule has 2 aromatic rings. The highest BCUT2D eigenvalue weighted by Gasteiger charge is 2.39. The van der Waals surface area contributed by atoms with E-state index in [0.29, 0.717) is 17.3 Å². The number of furan rings is 1. The molecule has 1 saturated heterocycles. The number of amides is 2. The standard InChI is InChI=1S/C19H22N2O5S/c1-12-18(23)21(11-17(22)20-10-14-5-4-8-26-14)19(27-12)13-6-7-15(24-2)16(9-13)25-3/h4-9,12,19H,10-11H2,1-3H3,(H,20,22). The van der Waals surface area contributed by atoms with Gasteiger partial charge in [0.2, 0.25) is 11.8 Å². The van der Waals surface area contributed by atoms with Crippen molar-refractivity contribution in [2.75, 3.05) is 20.8 Å². The monoisotopic (exact) mass is 390 g/mol. The number of benzene rings is 1. The molecule has 1 fully saturated rings. The Morgan fingerprint density at radius 2 is 2.04 bits per heavy atom. The quantitative estimate of drug-likeness (QED) is 0.783. The minimum Gasteiger partial charge on any atom is -0.493 e. The number of carbonyl (C=O) groups is 2. The number of ether oxygens (including phenoxy) is 2. The Morgan fingerprint density at radius 1 is 1.26 bits per heavy atom. The van der Waals surface area contributed by atoms with E-state index in [1.165, 1.54) is 11.8 Å². The van der Waals surface area contributed by atoms with Crippen LogP contribution in [-0.2, 0) is 16.1 Å². The second-order valence-corrected chi connectivity index (χ2v) is 7.49. The Labute approximate surface area is 162 Å². The van der Waals surface area contributed by atoms with Crippen LogP contribution in [0.4, 0.5) is 0 Å². The fourth-order valence-corrected chi connectivity index (χ4v) is 4.18. The van der Waals surface area contributed by atoms with Gasteiger partial charge in [0, 0.05) is 0 Å². The molecule has 0 radical (unpaired) electrons. The van der Waals surface area contributed by atoms with Crippen LogP contribution in [0.3, 0.4) is 0 Å². The molecule has 1 aliphatic heterocycles. The highest BCUT2D eigenvalue weighted by Crippen LogP contribution is 2.44. The van der Waals surface area contributed by atoms with Crippen molar-refractivity contribution in [3.8, 4) is 11.5 Å². The van der Waals surface area contributed by atoms with Crippen LogP contribution in [0.2, 0.25) is 0 Å². The summed E-state index contributed by atoms with van der Waals surface area (Å²) in [5, 5.41) is 2.30. The normalized spacial score (nSPS) is 19.2. The van der Waals surface area contributed by atoms with Gasteiger partial charge in [-0.05, 0) is 36.8 Å². The molecule has 2 unspecified atom stereocenters. The Hall–Kier alpha value is -2.61. The number of hydrogen-bond donors (Lipinski definition) is 1. The van der Waals surface area contributed by atoms with Crippen LogP contribution in [0.1, 0.15) is 23.6 Å². The van der Waals surface area contributed by atoms with Crippen LogP contribution in [0.15, 0.2) is 41.0 Å². The minimum atomic E-state index is -0.262. The first-order valence-corrected chi connectivity index (χ1v) is 9.44. The van der Waals surface area contributed by atoms with E-state index in [1.54, 1.807) is 43.6 Å². The van der Waals surface area contributed by atoms with E-state index in [9.17, 15) is 9.59 Å². The Kier molecular flexibility index (Phi) is 5.95. The first-order valence-electron chi connectivity index (χ1n) is 8.50. The number of thioether (sulfide) groups is 1. The van der Waals surface area contributed by atoms with Gasteiger partial charge in [-0.1, -0.05) is 6.07 Å². The van der Waals surface area contributed by atoms with Crippen LogP contribution >= 0.6 is 11.8 Å². The largest absolute Gasteiger partial charge is 0.493 e.